The normalized spacial score (nSPS) is 11.5. The van der Waals surface area contributed by atoms with Crippen LogP contribution in [0.2, 0.25) is 6.04 Å². The first-order valence-corrected chi connectivity index (χ1v) is 8.36. The van der Waals surface area contributed by atoms with Crippen molar-refractivity contribution in [3.05, 3.63) is 23.3 Å². The molecule has 0 saturated carbocycles. The highest BCUT2D eigenvalue weighted by Gasteiger charge is 2.37. The molecule has 0 aliphatic carbocycles. The second kappa shape index (κ2) is 7.63. The van der Waals surface area contributed by atoms with E-state index in [0.29, 0.717) is 6.04 Å². The van der Waals surface area contributed by atoms with E-state index in [2.05, 4.69) is 6.07 Å². The molecule has 1 rings (SSSR count). The third-order valence-corrected chi connectivity index (χ3v) is 6.16. The molecule has 0 aliphatic rings. The van der Waals surface area contributed by atoms with E-state index in [9.17, 15) is 0 Å². The summed E-state index contributed by atoms with van der Waals surface area (Å²) < 4.78 is 27.0. The Kier molecular flexibility index (Phi) is 6.48. The first-order valence-electron chi connectivity index (χ1n) is 6.42. The van der Waals surface area contributed by atoms with Gasteiger partial charge in [0.15, 0.2) is 0 Å². The van der Waals surface area contributed by atoms with Crippen molar-refractivity contribution in [2.75, 3.05) is 35.5 Å². The molecule has 0 atom stereocenters. The van der Waals surface area contributed by atoms with Crippen LogP contribution < -0.4 is 9.47 Å². The molecule has 0 aliphatic heterocycles. The maximum Gasteiger partial charge on any atom is 0.500 e. The van der Waals surface area contributed by atoms with E-state index in [1.807, 2.05) is 13.0 Å². The van der Waals surface area contributed by atoms with Crippen LogP contribution in [-0.2, 0) is 19.7 Å². The summed E-state index contributed by atoms with van der Waals surface area (Å²) in [5, 5.41) is 0. The minimum absolute atomic E-state index is 0.693. The SMILES string of the molecule is COc1cc(OC)c(CC[Si](OC)(OC)OC)cc1C. The summed E-state index contributed by atoms with van der Waals surface area (Å²) in [6, 6.07) is 4.66. The zero-order valence-electron chi connectivity index (χ0n) is 13.1. The highest BCUT2D eigenvalue weighted by Crippen LogP contribution is 2.30. The van der Waals surface area contributed by atoms with Crippen molar-refractivity contribution in [1.82, 2.24) is 0 Å². The Hall–Kier alpha value is -1.08. The molecule has 20 heavy (non-hydrogen) atoms. The summed E-state index contributed by atoms with van der Waals surface area (Å²) >= 11 is 0. The number of aryl methyl sites for hydroxylation is 2. The predicted octanol–water partition coefficient (Wildman–Crippen LogP) is 2.43. The number of benzene rings is 1. The van der Waals surface area contributed by atoms with Gasteiger partial charge in [0.05, 0.1) is 14.2 Å². The zero-order chi connectivity index (χ0) is 15.2. The van der Waals surface area contributed by atoms with E-state index in [1.54, 1.807) is 35.5 Å². The van der Waals surface area contributed by atoms with Crippen LogP contribution >= 0.6 is 0 Å². The molecule has 0 N–H and O–H groups in total. The van der Waals surface area contributed by atoms with Gasteiger partial charge in [0.1, 0.15) is 11.5 Å². The molecule has 0 amide bonds. The lowest BCUT2D eigenvalue weighted by atomic mass is 10.1. The molecule has 1 aromatic rings. The summed E-state index contributed by atoms with van der Waals surface area (Å²) in [4.78, 5) is 0. The van der Waals surface area contributed by atoms with Gasteiger partial charge in [-0.1, -0.05) is 0 Å². The first kappa shape index (κ1) is 17.0. The van der Waals surface area contributed by atoms with Crippen LogP contribution in [0.15, 0.2) is 12.1 Å². The van der Waals surface area contributed by atoms with Gasteiger partial charge in [-0.15, -0.1) is 0 Å². The van der Waals surface area contributed by atoms with E-state index in [-0.39, 0.29) is 0 Å². The Morgan fingerprint density at radius 1 is 0.850 bits per heavy atom. The third kappa shape index (κ3) is 3.73. The smallest absolute Gasteiger partial charge is 0.496 e. The number of ether oxygens (including phenoxy) is 2. The van der Waals surface area contributed by atoms with E-state index in [1.165, 1.54) is 0 Å². The van der Waals surface area contributed by atoms with Crippen molar-refractivity contribution in [3.8, 4) is 11.5 Å². The molecule has 0 bridgehead atoms. The summed E-state index contributed by atoms with van der Waals surface area (Å²) in [6.45, 7) is 2.01. The molecule has 0 saturated heterocycles. The largest absolute Gasteiger partial charge is 0.500 e. The summed E-state index contributed by atoms with van der Waals surface area (Å²) in [5.74, 6) is 1.62. The van der Waals surface area contributed by atoms with Crippen molar-refractivity contribution in [2.24, 2.45) is 0 Å². The van der Waals surface area contributed by atoms with Crippen LogP contribution in [0.25, 0.3) is 0 Å². The quantitative estimate of drug-likeness (QED) is 0.690. The molecule has 0 radical (unpaired) electrons. The number of methoxy groups -OCH3 is 2. The highest BCUT2D eigenvalue weighted by atomic mass is 28.4. The lowest BCUT2D eigenvalue weighted by Gasteiger charge is -2.24. The Labute approximate surface area is 122 Å². The predicted molar refractivity (Wildman–Crippen MR) is 79.6 cm³/mol. The minimum atomic E-state index is -2.56. The van der Waals surface area contributed by atoms with Gasteiger partial charge in [0.25, 0.3) is 0 Å². The lowest BCUT2D eigenvalue weighted by Crippen LogP contribution is -2.43. The number of hydrogen-bond acceptors (Lipinski definition) is 5. The van der Waals surface area contributed by atoms with Gasteiger partial charge in [0, 0.05) is 33.4 Å². The maximum absolute atomic E-state index is 5.44. The lowest BCUT2D eigenvalue weighted by molar-refractivity contribution is 0.123. The number of rotatable bonds is 8. The van der Waals surface area contributed by atoms with Crippen LogP contribution in [0, 0.1) is 6.92 Å². The second-order valence-electron chi connectivity index (χ2n) is 4.43. The maximum atomic E-state index is 5.44. The molecule has 1 aromatic carbocycles. The highest BCUT2D eigenvalue weighted by molar-refractivity contribution is 6.60. The monoisotopic (exact) mass is 300 g/mol. The van der Waals surface area contributed by atoms with Crippen LogP contribution in [0.3, 0.4) is 0 Å². The van der Waals surface area contributed by atoms with Gasteiger partial charge < -0.3 is 22.8 Å². The standard InChI is InChI=1S/C14H24O5Si/c1-11-9-12(14(16-3)10-13(11)15-2)7-8-20(17-4,18-5)19-6/h9-10H,7-8H2,1-6H3. The van der Waals surface area contributed by atoms with Crippen molar-refractivity contribution in [2.45, 2.75) is 19.4 Å². The Morgan fingerprint density at radius 3 is 1.85 bits per heavy atom. The Morgan fingerprint density at radius 2 is 1.40 bits per heavy atom. The Bertz CT molecular complexity index is 424. The summed E-state index contributed by atoms with van der Waals surface area (Å²) in [5.41, 5.74) is 2.16. The zero-order valence-corrected chi connectivity index (χ0v) is 14.1. The van der Waals surface area contributed by atoms with E-state index < -0.39 is 8.80 Å². The molecule has 5 nitrogen and oxygen atoms in total. The van der Waals surface area contributed by atoms with E-state index >= 15 is 0 Å². The molecule has 0 unspecified atom stereocenters. The fourth-order valence-electron chi connectivity index (χ4n) is 2.18. The van der Waals surface area contributed by atoms with Crippen LogP contribution in [-0.4, -0.2) is 44.4 Å². The fourth-order valence-corrected chi connectivity index (χ4v) is 3.87. The van der Waals surface area contributed by atoms with E-state index in [0.717, 1.165) is 29.0 Å². The van der Waals surface area contributed by atoms with Gasteiger partial charge in [-0.3, -0.25) is 0 Å². The molecular formula is C14H24O5Si. The van der Waals surface area contributed by atoms with Gasteiger partial charge in [-0.05, 0) is 30.5 Å². The average molecular weight is 300 g/mol. The van der Waals surface area contributed by atoms with Crippen molar-refractivity contribution in [3.63, 3.8) is 0 Å². The fraction of sp³-hybridized carbons (Fsp3) is 0.571. The van der Waals surface area contributed by atoms with Crippen molar-refractivity contribution < 1.29 is 22.8 Å². The molecular weight excluding hydrogens is 276 g/mol. The van der Waals surface area contributed by atoms with Gasteiger partial charge in [-0.2, -0.15) is 0 Å². The summed E-state index contributed by atoms with van der Waals surface area (Å²) in [6.07, 6.45) is 0.760. The molecule has 0 heterocycles. The summed E-state index contributed by atoms with van der Waals surface area (Å²) in [7, 11) is 5.61. The van der Waals surface area contributed by atoms with Crippen molar-refractivity contribution in [1.29, 1.82) is 0 Å². The van der Waals surface area contributed by atoms with Gasteiger partial charge >= 0.3 is 8.80 Å². The van der Waals surface area contributed by atoms with Crippen LogP contribution in [0.1, 0.15) is 11.1 Å². The molecule has 0 fully saturated rings. The van der Waals surface area contributed by atoms with Crippen molar-refractivity contribution >= 4 is 8.80 Å². The van der Waals surface area contributed by atoms with E-state index in [4.69, 9.17) is 22.8 Å². The third-order valence-electron chi connectivity index (χ3n) is 3.43. The van der Waals surface area contributed by atoms with Gasteiger partial charge in [0.2, 0.25) is 0 Å². The molecule has 0 spiro atoms. The van der Waals surface area contributed by atoms with Gasteiger partial charge in [-0.25, -0.2) is 0 Å². The molecule has 0 aromatic heterocycles. The van der Waals surface area contributed by atoms with Crippen LogP contribution in [0.4, 0.5) is 0 Å². The second-order valence-corrected chi connectivity index (χ2v) is 7.52. The average Bonchev–Trinajstić information content (AvgIpc) is 2.49. The minimum Gasteiger partial charge on any atom is -0.496 e. The first-order chi connectivity index (χ1) is 9.55. The topological polar surface area (TPSA) is 46.2 Å². The number of hydrogen-bond donors (Lipinski definition) is 0. The molecule has 114 valence electrons. The molecule has 6 heteroatoms. The van der Waals surface area contributed by atoms with Crippen LogP contribution in [0.5, 0.6) is 11.5 Å². The Balaban J connectivity index is 2.94.